The Balaban J connectivity index is 1.71. The number of nitrogens with one attached hydrogen (secondary N) is 1. The fourth-order valence-corrected chi connectivity index (χ4v) is 2.68. The van der Waals surface area contributed by atoms with Crippen LogP contribution in [-0.2, 0) is 6.54 Å². The fourth-order valence-electron chi connectivity index (χ4n) is 2.68. The Hall–Kier alpha value is -3.40. The van der Waals surface area contributed by atoms with E-state index in [-0.39, 0.29) is 17.2 Å². The van der Waals surface area contributed by atoms with Gasteiger partial charge in [-0.25, -0.2) is 0 Å². The Morgan fingerprint density at radius 1 is 1.31 bits per heavy atom. The van der Waals surface area contributed by atoms with Gasteiger partial charge >= 0.3 is 0 Å². The molecule has 0 heterocycles. The van der Waals surface area contributed by atoms with E-state index in [0.29, 0.717) is 23.8 Å². The van der Waals surface area contributed by atoms with Crippen molar-refractivity contribution in [1.29, 1.82) is 5.26 Å². The SMILES string of the molecule is CN(Cc1ccc(C(=O)NC2CC2)cc1)c1ccc([N+](=O)[O-])cc1C#N. The summed E-state index contributed by atoms with van der Waals surface area (Å²) in [5.74, 6) is -0.0606. The van der Waals surface area contributed by atoms with Gasteiger partial charge in [0, 0.05) is 37.3 Å². The highest BCUT2D eigenvalue weighted by Gasteiger charge is 2.23. The molecular formula is C19H18N4O3. The molecule has 7 heteroatoms. The summed E-state index contributed by atoms with van der Waals surface area (Å²) in [5, 5.41) is 23.1. The summed E-state index contributed by atoms with van der Waals surface area (Å²) in [5.41, 5.74) is 2.36. The Labute approximate surface area is 151 Å². The molecule has 0 spiro atoms. The topological polar surface area (TPSA) is 99.3 Å². The minimum absolute atomic E-state index is 0.0606. The van der Waals surface area contributed by atoms with E-state index in [4.69, 9.17) is 0 Å². The number of benzene rings is 2. The van der Waals surface area contributed by atoms with Crippen LogP contribution in [0.1, 0.15) is 34.3 Å². The van der Waals surface area contributed by atoms with Crippen LogP contribution < -0.4 is 10.2 Å². The lowest BCUT2D eigenvalue weighted by atomic mass is 10.1. The molecule has 1 amide bonds. The van der Waals surface area contributed by atoms with Crippen molar-refractivity contribution in [2.45, 2.75) is 25.4 Å². The van der Waals surface area contributed by atoms with Gasteiger partial charge in [-0.15, -0.1) is 0 Å². The van der Waals surface area contributed by atoms with Gasteiger partial charge in [-0.05, 0) is 36.6 Å². The number of nitro benzene ring substituents is 1. The van der Waals surface area contributed by atoms with Gasteiger partial charge in [0.05, 0.1) is 16.2 Å². The molecule has 0 atom stereocenters. The maximum Gasteiger partial charge on any atom is 0.270 e. The highest BCUT2D eigenvalue weighted by molar-refractivity contribution is 5.94. The summed E-state index contributed by atoms with van der Waals surface area (Å²) in [7, 11) is 1.82. The lowest BCUT2D eigenvalue weighted by Gasteiger charge is -2.20. The first-order valence-electron chi connectivity index (χ1n) is 8.27. The maximum atomic E-state index is 12.0. The smallest absolute Gasteiger partial charge is 0.270 e. The van der Waals surface area contributed by atoms with Crippen LogP contribution in [0.2, 0.25) is 0 Å². The molecule has 2 aromatic rings. The minimum Gasteiger partial charge on any atom is -0.369 e. The van der Waals surface area contributed by atoms with E-state index >= 15 is 0 Å². The molecule has 1 fully saturated rings. The van der Waals surface area contributed by atoms with Gasteiger partial charge in [-0.3, -0.25) is 14.9 Å². The molecule has 0 aliphatic heterocycles. The van der Waals surface area contributed by atoms with Gasteiger partial charge < -0.3 is 10.2 Å². The predicted molar refractivity (Wildman–Crippen MR) is 96.8 cm³/mol. The van der Waals surface area contributed by atoms with Crippen molar-refractivity contribution in [2.75, 3.05) is 11.9 Å². The molecule has 3 rings (SSSR count). The van der Waals surface area contributed by atoms with E-state index in [1.54, 1.807) is 18.2 Å². The van der Waals surface area contributed by atoms with Crippen molar-refractivity contribution in [3.05, 3.63) is 69.3 Å². The molecule has 0 radical (unpaired) electrons. The normalized spacial score (nSPS) is 12.9. The van der Waals surface area contributed by atoms with Crippen molar-refractivity contribution in [1.82, 2.24) is 5.32 Å². The second kappa shape index (κ2) is 7.23. The van der Waals surface area contributed by atoms with Crippen molar-refractivity contribution >= 4 is 17.3 Å². The lowest BCUT2D eigenvalue weighted by molar-refractivity contribution is -0.384. The van der Waals surface area contributed by atoms with Crippen LogP contribution in [0.3, 0.4) is 0 Å². The van der Waals surface area contributed by atoms with Crippen molar-refractivity contribution in [3.8, 4) is 6.07 Å². The fraction of sp³-hybridized carbons (Fsp3) is 0.263. The van der Waals surface area contributed by atoms with Gasteiger partial charge in [-0.2, -0.15) is 5.26 Å². The summed E-state index contributed by atoms with van der Waals surface area (Å²) < 4.78 is 0. The zero-order chi connectivity index (χ0) is 18.7. The number of nitro groups is 1. The molecule has 0 bridgehead atoms. The number of non-ortho nitro benzene ring substituents is 1. The molecule has 1 aliphatic rings. The molecule has 0 saturated heterocycles. The van der Waals surface area contributed by atoms with Gasteiger partial charge in [0.15, 0.2) is 0 Å². The number of hydrogen-bond donors (Lipinski definition) is 1. The minimum atomic E-state index is -0.518. The number of carbonyl (C=O) groups is 1. The standard InChI is InChI=1S/C19H18N4O3/c1-22(18-9-8-17(23(25)26)10-15(18)11-20)12-13-2-4-14(5-3-13)19(24)21-16-6-7-16/h2-5,8-10,16H,6-7,12H2,1H3,(H,21,24). The number of nitriles is 1. The van der Waals surface area contributed by atoms with Crippen LogP contribution >= 0.6 is 0 Å². The van der Waals surface area contributed by atoms with E-state index in [9.17, 15) is 20.2 Å². The summed E-state index contributed by atoms with van der Waals surface area (Å²) in [6.07, 6.45) is 2.09. The number of rotatable bonds is 6. The van der Waals surface area contributed by atoms with Crippen molar-refractivity contribution < 1.29 is 9.72 Å². The monoisotopic (exact) mass is 350 g/mol. The third kappa shape index (κ3) is 3.98. The van der Waals surface area contributed by atoms with Gasteiger partial charge in [-0.1, -0.05) is 12.1 Å². The lowest BCUT2D eigenvalue weighted by Crippen LogP contribution is -2.25. The Morgan fingerprint density at radius 2 is 2.00 bits per heavy atom. The van der Waals surface area contributed by atoms with Gasteiger partial charge in [0.2, 0.25) is 0 Å². The molecule has 0 unspecified atom stereocenters. The average Bonchev–Trinajstić information content (AvgIpc) is 3.45. The van der Waals surface area contributed by atoms with Crippen molar-refractivity contribution in [2.24, 2.45) is 0 Å². The van der Waals surface area contributed by atoms with Crippen LogP contribution in [-0.4, -0.2) is 23.9 Å². The number of carbonyl (C=O) groups excluding carboxylic acids is 1. The second-order valence-electron chi connectivity index (χ2n) is 6.37. The first kappa shape index (κ1) is 17.4. The molecule has 0 aromatic heterocycles. The van der Waals surface area contributed by atoms with E-state index in [0.717, 1.165) is 18.4 Å². The van der Waals surface area contributed by atoms with Gasteiger partial charge in [0.25, 0.3) is 11.6 Å². The molecule has 1 aliphatic carbocycles. The zero-order valence-corrected chi connectivity index (χ0v) is 14.3. The molecule has 7 nitrogen and oxygen atoms in total. The summed E-state index contributed by atoms with van der Waals surface area (Å²) in [6, 6.07) is 13.9. The number of nitrogens with zero attached hydrogens (tertiary/aromatic N) is 3. The molecule has 132 valence electrons. The molecule has 1 N–H and O–H groups in total. The number of amides is 1. The highest BCUT2D eigenvalue weighted by Crippen LogP contribution is 2.25. The molecular weight excluding hydrogens is 332 g/mol. The Kier molecular flexibility index (Phi) is 4.85. The van der Waals surface area contributed by atoms with Crippen LogP contribution in [0.4, 0.5) is 11.4 Å². The summed E-state index contributed by atoms with van der Waals surface area (Å²) in [4.78, 5) is 24.2. The Morgan fingerprint density at radius 3 is 2.58 bits per heavy atom. The second-order valence-corrected chi connectivity index (χ2v) is 6.37. The molecule has 1 saturated carbocycles. The third-order valence-corrected chi connectivity index (χ3v) is 4.27. The van der Waals surface area contributed by atoms with Crippen LogP contribution in [0.25, 0.3) is 0 Å². The van der Waals surface area contributed by atoms with E-state index < -0.39 is 4.92 Å². The van der Waals surface area contributed by atoms with Crippen molar-refractivity contribution in [3.63, 3.8) is 0 Å². The van der Waals surface area contributed by atoms with Gasteiger partial charge in [0.1, 0.15) is 6.07 Å². The summed E-state index contributed by atoms with van der Waals surface area (Å²) >= 11 is 0. The first-order chi connectivity index (χ1) is 12.5. The van der Waals surface area contributed by atoms with E-state index in [1.165, 1.54) is 12.1 Å². The summed E-state index contributed by atoms with van der Waals surface area (Å²) in [6.45, 7) is 0.511. The Bertz CT molecular complexity index is 883. The van der Waals surface area contributed by atoms with Crippen LogP contribution in [0.15, 0.2) is 42.5 Å². The number of anilines is 1. The highest BCUT2D eigenvalue weighted by atomic mass is 16.6. The third-order valence-electron chi connectivity index (χ3n) is 4.27. The van der Waals surface area contributed by atoms with E-state index in [2.05, 4.69) is 5.32 Å². The van der Waals surface area contributed by atoms with E-state index in [1.807, 2.05) is 30.1 Å². The average molecular weight is 350 g/mol. The number of hydrogen-bond acceptors (Lipinski definition) is 5. The molecule has 2 aromatic carbocycles. The predicted octanol–water partition coefficient (Wildman–Crippen LogP) is 3.00. The molecule has 26 heavy (non-hydrogen) atoms. The quantitative estimate of drug-likeness (QED) is 0.638. The van der Waals surface area contributed by atoms with Crippen LogP contribution in [0.5, 0.6) is 0 Å². The van der Waals surface area contributed by atoms with Crippen LogP contribution in [0, 0.1) is 21.4 Å². The first-order valence-corrected chi connectivity index (χ1v) is 8.27. The zero-order valence-electron chi connectivity index (χ0n) is 14.3. The maximum absolute atomic E-state index is 12.0. The largest absolute Gasteiger partial charge is 0.369 e.